The fraction of sp³-hybridized carbons (Fsp3) is 0.571. The number of nitrogens with zero attached hydrogens (tertiary/aromatic N) is 1. The molecule has 25 heavy (non-hydrogen) atoms. The number of aromatic hydroxyl groups is 1. The molecule has 1 aliphatic rings. The minimum atomic E-state index is -4.99. The number of aliphatic hydroxyl groups excluding tert-OH is 1. The van der Waals surface area contributed by atoms with E-state index in [0.717, 1.165) is 18.2 Å². The minimum absolute atomic E-state index is 0. The van der Waals surface area contributed by atoms with Gasteiger partial charge in [-0.25, -0.2) is 8.78 Å². The van der Waals surface area contributed by atoms with Gasteiger partial charge in [0.25, 0.3) is 5.92 Å². The fourth-order valence-electron chi connectivity index (χ4n) is 2.67. The van der Waals surface area contributed by atoms with Gasteiger partial charge in [-0.05, 0) is 18.2 Å². The number of benzene rings is 1. The molecular weight excluding hydrogens is 375 g/mol. The van der Waals surface area contributed by atoms with Gasteiger partial charge in [0, 0.05) is 31.7 Å². The van der Waals surface area contributed by atoms with Crippen LogP contribution < -0.4 is 10.1 Å². The number of alkyl halides is 5. The van der Waals surface area contributed by atoms with Crippen LogP contribution in [0, 0.1) is 0 Å². The van der Waals surface area contributed by atoms with E-state index in [-0.39, 0.29) is 25.5 Å². The van der Waals surface area contributed by atoms with Crippen molar-refractivity contribution in [3.8, 4) is 11.5 Å². The molecule has 5 nitrogen and oxygen atoms in total. The molecule has 0 spiro atoms. The average molecular weight is 393 g/mol. The predicted octanol–water partition coefficient (Wildman–Crippen LogP) is 2.29. The molecule has 0 aliphatic carbocycles. The van der Waals surface area contributed by atoms with Crippen LogP contribution in [-0.4, -0.2) is 60.2 Å². The third-order valence-corrected chi connectivity index (χ3v) is 3.65. The lowest BCUT2D eigenvalue weighted by molar-refractivity contribution is -0.274. The van der Waals surface area contributed by atoms with Crippen LogP contribution in [0.2, 0.25) is 0 Å². The molecule has 0 unspecified atom stereocenters. The summed E-state index contributed by atoms with van der Waals surface area (Å²) in [6.07, 6.45) is -4.99. The maximum atomic E-state index is 14.3. The largest absolute Gasteiger partial charge is 0.573 e. The van der Waals surface area contributed by atoms with Gasteiger partial charge in [-0.15, -0.1) is 25.6 Å². The number of phenolic OH excluding ortho intramolecular Hbond substituents is 1. The van der Waals surface area contributed by atoms with Gasteiger partial charge in [0.2, 0.25) is 0 Å². The summed E-state index contributed by atoms with van der Waals surface area (Å²) in [4.78, 5) is 1.30. The van der Waals surface area contributed by atoms with Crippen LogP contribution in [-0.2, 0) is 0 Å². The summed E-state index contributed by atoms with van der Waals surface area (Å²) in [5, 5.41) is 21.9. The summed E-state index contributed by atoms with van der Waals surface area (Å²) in [5.41, 5.74) is -0.433. The lowest BCUT2D eigenvalue weighted by Crippen LogP contribution is -2.51. The number of aliphatic hydroxyl groups is 1. The lowest BCUT2D eigenvalue weighted by Gasteiger charge is -2.39. The Kier molecular flexibility index (Phi) is 7.24. The zero-order valence-electron chi connectivity index (χ0n) is 12.9. The summed E-state index contributed by atoms with van der Waals surface area (Å²) >= 11 is 0. The van der Waals surface area contributed by atoms with E-state index in [0.29, 0.717) is 13.1 Å². The van der Waals surface area contributed by atoms with Crippen LogP contribution in [0.1, 0.15) is 11.6 Å². The van der Waals surface area contributed by atoms with Crippen molar-refractivity contribution in [3.05, 3.63) is 23.8 Å². The Bertz CT molecular complexity index is 568. The molecule has 11 heteroatoms. The highest BCUT2D eigenvalue weighted by molar-refractivity contribution is 5.85. The Morgan fingerprint density at radius 2 is 1.76 bits per heavy atom. The highest BCUT2D eigenvalue weighted by Gasteiger charge is 2.45. The quantitative estimate of drug-likeness (QED) is 0.671. The number of piperazine rings is 1. The van der Waals surface area contributed by atoms with Gasteiger partial charge in [0.15, 0.2) is 0 Å². The second-order valence-electron chi connectivity index (χ2n) is 5.38. The van der Waals surface area contributed by atoms with Gasteiger partial charge >= 0.3 is 6.36 Å². The molecule has 1 atom stereocenters. The zero-order chi connectivity index (χ0) is 18.0. The first-order chi connectivity index (χ1) is 11.1. The van der Waals surface area contributed by atoms with E-state index in [1.165, 1.54) is 4.90 Å². The van der Waals surface area contributed by atoms with Crippen molar-refractivity contribution in [3.63, 3.8) is 0 Å². The topological polar surface area (TPSA) is 65.0 Å². The molecule has 1 aromatic rings. The molecule has 1 fully saturated rings. The molecule has 0 aromatic heterocycles. The van der Waals surface area contributed by atoms with Crippen molar-refractivity contribution in [2.45, 2.75) is 18.3 Å². The van der Waals surface area contributed by atoms with E-state index in [9.17, 15) is 27.1 Å². The van der Waals surface area contributed by atoms with Crippen LogP contribution in [0.4, 0.5) is 22.0 Å². The SMILES string of the molecule is Cl.OCC(F)(F)[C@H](c1cc(OC(F)(F)F)ccc1O)N1CCNCC1. The molecule has 0 bridgehead atoms. The van der Waals surface area contributed by atoms with E-state index in [2.05, 4.69) is 10.1 Å². The minimum Gasteiger partial charge on any atom is -0.508 e. The normalized spacial score (nSPS) is 17.7. The Labute approximate surface area is 146 Å². The second-order valence-corrected chi connectivity index (χ2v) is 5.38. The molecular formula is C14H18ClF5N2O3. The first-order valence-corrected chi connectivity index (χ1v) is 7.16. The molecule has 1 aromatic carbocycles. The molecule has 144 valence electrons. The van der Waals surface area contributed by atoms with E-state index >= 15 is 0 Å². The third kappa shape index (κ3) is 5.56. The summed E-state index contributed by atoms with van der Waals surface area (Å²) < 4.78 is 69.2. The summed E-state index contributed by atoms with van der Waals surface area (Å²) in [6, 6.07) is 0.637. The van der Waals surface area contributed by atoms with Gasteiger partial charge < -0.3 is 20.3 Å². The number of phenols is 1. The second kappa shape index (κ2) is 8.35. The highest BCUT2D eigenvalue weighted by Crippen LogP contribution is 2.42. The fourth-order valence-corrected chi connectivity index (χ4v) is 2.67. The van der Waals surface area contributed by atoms with Crippen molar-refractivity contribution >= 4 is 12.4 Å². The lowest BCUT2D eigenvalue weighted by atomic mass is 9.97. The maximum Gasteiger partial charge on any atom is 0.573 e. The molecule has 3 N–H and O–H groups in total. The molecule has 2 rings (SSSR count). The van der Waals surface area contributed by atoms with Gasteiger partial charge in [0.1, 0.15) is 24.1 Å². The van der Waals surface area contributed by atoms with Crippen LogP contribution in [0.3, 0.4) is 0 Å². The van der Waals surface area contributed by atoms with Gasteiger partial charge in [0.05, 0.1) is 0 Å². The smallest absolute Gasteiger partial charge is 0.508 e. The maximum absolute atomic E-state index is 14.3. The predicted molar refractivity (Wildman–Crippen MR) is 81.3 cm³/mol. The molecule has 0 amide bonds. The van der Waals surface area contributed by atoms with E-state index in [1.807, 2.05) is 0 Å². The van der Waals surface area contributed by atoms with Crippen LogP contribution in [0.15, 0.2) is 18.2 Å². The van der Waals surface area contributed by atoms with Crippen molar-refractivity contribution in [1.29, 1.82) is 0 Å². The number of rotatable bonds is 5. The Morgan fingerprint density at radius 1 is 1.16 bits per heavy atom. The van der Waals surface area contributed by atoms with Crippen molar-refractivity contribution in [2.24, 2.45) is 0 Å². The van der Waals surface area contributed by atoms with Gasteiger partial charge in [-0.2, -0.15) is 0 Å². The van der Waals surface area contributed by atoms with Crippen molar-refractivity contribution < 1.29 is 36.9 Å². The van der Waals surface area contributed by atoms with Crippen molar-refractivity contribution in [2.75, 3.05) is 32.8 Å². The Hall–Kier alpha value is -1.36. The standard InChI is InChI=1S/C14H17F5N2O3.ClH/c15-13(16,8-22)12(21-5-3-20-4-6-21)10-7-9(1-2-11(10)23)24-14(17,18)19;/h1-2,7,12,20,22-23H,3-6,8H2;1H/t12-;/m0./s1. The third-order valence-electron chi connectivity index (χ3n) is 3.65. The number of nitrogens with one attached hydrogen (secondary N) is 1. The van der Waals surface area contributed by atoms with Gasteiger partial charge in [-0.3, -0.25) is 4.90 Å². The monoisotopic (exact) mass is 392 g/mol. The zero-order valence-corrected chi connectivity index (χ0v) is 13.7. The summed E-state index contributed by atoms with van der Waals surface area (Å²) in [7, 11) is 0. The molecule has 1 heterocycles. The number of hydrogen-bond donors (Lipinski definition) is 3. The average Bonchev–Trinajstić information content (AvgIpc) is 2.50. The Morgan fingerprint density at radius 3 is 2.28 bits per heavy atom. The van der Waals surface area contributed by atoms with E-state index < -0.39 is 42.0 Å². The van der Waals surface area contributed by atoms with Gasteiger partial charge in [-0.1, -0.05) is 0 Å². The molecule has 0 radical (unpaired) electrons. The van der Waals surface area contributed by atoms with E-state index in [1.54, 1.807) is 0 Å². The number of ether oxygens (including phenoxy) is 1. The van der Waals surface area contributed by atoms with Crippen LogP contribution in [0.5, 0.6) is 11.5 Å². The van der Waals surface area contributed by atoms with Crippen molar-refractivity contribution in [1.82, 2.24) is 10.2 Å². The summed E-state index contributed by atoms with van der Waals surface area (Å²) in [6.45, 7) is -0.339. The number of hydrogen-bond acceptors (Lipinski definition) is 5. The highest BCUT2D eigenvalue weighted by atomic mass is 35.5. The van der Waals surface area contributed by atoms with Crippen LogP contribution >= 0.6 is 12.4 Å². The Balaban J connectivity index is 0.00000312. The first-order valence-electron chi connectivity index (χ1n) is 7.16. The molecule has 1 saturated heterocycles. The van der Waals surface area contributed by atoms with Crippen LogP contribution in [0.25, 0.3) is 0 Å². The first kappa shape index (κ1) is 21.7. The molecule has 0 saturated carbocycles. The molecule has 1 aliphatic heterocycles. The number of halogens is 6. The summed E-state index contributed by atoms with van der Waals surface area (Å²) in [5.74, 6) is -4.98. The van der Waals surface area contributed by atoms with E-state index in [4.69, 9.17) is 5.11 Å².